The number of benzene rings is 5. The van der Waals surface area contributed by atoms with Crippen LogP contribution in [-0.4, -0.2) is 0 Å². The van der Waals surface area contributed by atoms with Gasteiger partial charge in [0, 0.05) is 11.8 Å². The molecule has 0 aromatic heterocycles. The van der Waals surface area contributed by atoms with Gasteiger partial charge in [0.05, 0.1) is 0 Å². The van der Waals surface area contributed by atoms with Gasteiger partial charge >= 0.3 is 29.6 Å². The van der Waals surface area contributed by atoms with E-state index in [2.05, 4.69) is 130 Å². The third-order valence-corrected chi connectivity index (χ3v) is 7.17. The number of rotatable bonds is 6. The summed E-state index contributed by atoms with van der Waals surface area (Å²) in [7, 11) is 0. The zero-order valence-electron chi connectivity index (χ0n) is 22.8. The molecular weight excluding hydrogens is 471 g/mol. The molecule has 5 rings (SSSR count). The molecule has 38 heavy (non-hydrogen) atoms. The standard InChI is InChI=1S/C36H34O.Na/c1-36(2,3)30-24-31(33(26-16-8-4-9-17-26)27-18-10-5-11-19-27)35(37)32(25-30)34(28-20-12-6-13-21-28)29-22-14-7-15-23-29;/h4-25,33-34,37H,1-3H3;/q;+1/p-1. The molecule has 0 aliphatic heterocycles. The van der Waals surface area contributed by atoms with Gasteiger partial charge in [0.25, 0.3) is 0 Å². The molecule has 0 aliphatic carbocycles. The average molecular weight is 505 g/mol. The summed E-state index contributed by atoms with van der Waals surface area (Å²) in [5.74, 6) is -0.185. The van der Waals surface area contributed by atoms with Crippen LogP contribution in [-0.2, 0) is 5.41 Å². The summed E-state index contributed by atoms with van der Waals surface area (Å²) in [6, 6.07) is 45.9. The molecule has 0 atom stereocenters. The molecule has 0 radical (unpaired) electrons. The Morgan fingerprint density at radius 1 is 0.474 bits per heavy atom. The van der Waals surface area contributed by atoms with Crippen molar-refractivity contribution in [2.24, 2.45) is 0 Å². The van der Waals surface area contributed by atoms with E-state index in [1.807, 2.05) is 24.3 Å². The minimum atomic E-state index is -0.150. The first-order valence-corrected chi connectivity index (χ1v) is 13.0. The van der Waals surface area contributed by atoms with Gasteiger partial charge in [0.1, 0.15) is 0 Å². The molecule has 5 aromatic carbocycles. The minimum Gasteiger partial charge on any atom is -0.872 e. The van der Waals surface area contributed by atoms with Gasteiger partial charge in [-0.15, -0.1) is 5.75 Å². The van der Waals surface area contributed by atoms with Crippen LogP contribution in [0.2, 0.25) is 0 Å². The fourth-order valence-electron chi connectivity index (χ4n) is 5.22. The fourth-order valence-corrected chi connectivity index (χ4v) is 5.22. The molecule has 0 amide bonds. The molecule has 2 heteroatoms. The van der Waals surface area contributed by atoms with Crippen LogP contribution >= 0.6 is 0 Å². The van der Waals surface area contributed by atoms with Gasteiger partial charge in [-0.25, -0.2) is 0 Å². The molecule has 5 aromatic rings. The predicted molar refractivity (Wildman–Crippen MR) is 152 cm³/mol. The van der Waals surface area contributed by atoms with Crippen LogP contribution in [0.5, 0.6) is 5.75 Å². The quantitative estimate of drug-likeness (QED) is 0.224. The Bertz CT molecular complexity index is 1260. The van der Waals surface area contributed by atoms with Crippen molar-refractivity contribution in [3.63, 3.8) is 0 Å². The van der Waals surface area contributed by atoms with Gasteiger partial charge < -0.3 is 5.11 Å². The second-order valence-electron chi connectivity index (χ2n) is 10.7. The maximum Gasteiger partial charge on any atom is 1.00 e. The molecule has 0 aliphatic rings. The van der Waals surface area contributed by atoms with Crippen LogP contribution in [0.25, 0.3) is 0 Å². The second kappa shape index (κ2) is 12.2. The van der Waals surface area contributed by atoms with E-state index in [1.54, 1.807) is 0 Å². The van der Waals surface area contributed by atoms with Crippen LogP contribution in [0.1, 0.15) is 71.6 Å². The smallest absolute Gasteiger partial charge is 0.872 e. The van der Waals surface area contributed by atoms with Crippen molar-refractivity contribution in [2.75, 3.05) is 0 Å². The van der Waals surface area contributed by atoms with Gasteiger partial charge in [-0.2, -0.15) is 0 Å². The van der Waals surface area contributed by atoms with Gasteiger partial charge in [-0.1, -0.05) is 154 Å². The van der Waals surface area contributed by atoms with E-state index >= 15 is 0 Å². The minimum absolute atomic E-state index is 0. The summed E-state index contributed by atoms with van der Waals surface area (Å²) < 4.78 is 0. The number of hydrogen-bond acceptors (Lipinski definition) is 1. The number of hydrogen-bond donors (Lipinski definition) is 0. The SMILES string of the molecule is CC(C)(C)c1cc(C(c2ccccc2)c2ccccc2)c([O-])c(C(c2ccccc2)c2ccccc2)c1.[Na+]. The summed E-state index contributed by atoms with van der Waals surface area (Å²) in [4.78, 5) is 0. The molecule has 0 saturated carbocycles. The van der Waals surface area contributed by atoms with Gasteiger partial charge in [0.15, 0.2) is 0 Å². The van der Waals surface area contributed by atoms with Crippen molar-refractivity contribution in [2.45, 2.75) is 38.0 Å². The van der Waals surface area contributed by atoms with Crippen LogP contribution < -0.4 is 34.7 Å². The van der Waals surface area contributed by atoms with Crippen molar-refractivity contribution >= 4 is 0 Å². The normalized spacial score (nSPS) is 11.4. The molecular formula is C36H33NaO. The molecule has 0 saturated heterocycles. The summed E-state index contributed by atoms with van der Waals surface area (Å²) in [5.41, 5.74) is 7.21. The van der Waals surface area contributed by atoms with Crippen LogP contribution in [0.3, 0.4) is 0 Å². The molecule has 0 bridgehead atoms. The fraction of sp³-hybridized carbons (Fsp3) is 0.167. The van der Waals surface area contributed by atoms with Crippen molar-refractivity contribution in [3.05, 3.63) is 172 Å². The maximum atomic E-state index is 14.6. The Hall–Kier alpha value is -3.10. The van der Waals surface area contributed by atoms with E-state index < -0.39 is 0 Å². The Morgan fingerprint density at radius 2 is 0.737 bits per heavy atom. The molecule has 184 valence electrons. The first kappa shape index (κ1) is 27.9. The second-order valence-corrected chi connectivity index (χ2v) is 10.7. The van der Waals surface area contributed by atoms with Crippen molar-refractivity contribution in [1.29, 1.82) is 0 Å². The maximum absolute atomic E-state index is 14.6. The Kier molecular flexibility index (Phi) is 8.95. The van der Waals surface area contributed by atoms with Gasteiger partial charge in [-0.3, -0.25) is 0 Å². The van der Waals surface area contributed by atoms with Crippen LogP contribution in [0.4, 0.5) is 0 Å². The third kappa shape index (κ3) is 5.97. The molecule has 0 spiro atoms. The van der Waals surface area contributed by atoms with Crippen LogP contribution in [0, 0.1) is 0 Å². The summed E-state index contributed by atoms with van der Waals surface area (Å²) in [5, 5.41) is 14.6. The first-order valence-electron chi connectivity index (χ1n) is 13.0. The van der Waals surface area contributed by atoms with Crippen LogP contribution in [0.15, 0.2) is 133 Å². The van der Waals surface area contributed by atoms with Gasteiger partial charge in [0.2, 0.25) is 0 Å². The first-order chi connectivity index (χ1) is 17.9. The Morgan fingerprint density at radius 3 is 0.974 bits per heavy atom. The molecule has 0 fully saturated rings. The summed E-state index contributed by atoms with van der Waals surface area (Å²) in [6.45, 7) is 6.67. The molecule has 0 heterocycles. The Balaban J connectivity index is 0.00000336. The van der Waals surface area contributed by atoms with Crippen molar-refractivity contribution in [1.82, 2.24) is 0 Å². The monoisotopic (exact) mass is 504 g/mol. The Labute approximate surface area is 249 Å². The molecule has 0 unspecified atom stereocenters. The predicted octanol–water partition coefficient (Wildman–Crippen LogP) is 5.42. The van der Waals surface area contributed by atoms with E-state index in [0.29, 0.717) is 0 Å². The summed E-state index contributed by atoms with van der Waals surface area (Å²) in [6.07, 6.45) is 0. The topological polar surface area (TPSA) is 23.1 Å². The van der Waals surface area contributed by atoms with E-state index in [1.165, 1.54) is 5.56 Å². The van der Waals surface area contributed by atoms with E-state index in [0.717, 1.165) is 33.4 Å². The van der Waals surface area contributed by atoms with E-state index in [9.17, 15) is 5.11 Å². The van der Waals surface area contributed by atoms with E-state index in [4.69, 9.17) is 0 Å². The molecule has 0 N–H and O–H groups in total. The largest absolute Gasteiger partial charge is 1.00 e. The van der Waals surface area contributed by atoms with E-state index in [-0.39, 0.29) is 52.6 Å². The zero-order chi connectivity index (χ0) is 25.8. The third-order valence-electron chi connectivity index (χ3n) is 7.17. The van der Waals surface area contributed by atoms with Crippen molar-refractivity contribution in [3.8, 4) is 5.75 Å². The van der Waals surface area contributed by atoms with Gasteiger partial charge in [-0.05, 0) is 44.4 Å². The van der Waals surface area contributed by atoms with Crippen molar-refractivity contribution < 1.29 is 34.7 Å². The summed E-state index contributed by atoms with van der Waals surface area (Å²) >= 11 is 0. The average Bonchev–Trinajstić information content (AvgIpc) is 2.92. The molecule has 1 nitrogen and oxygen atoms in total. The zero-order valence-corrected chi connectivity index (χ0v) is 24.8.